The van der Waals surface area contributed by atoms with Crippen LogP contribution in [-0.4, -0.2) is 24.0 Å². The van der Waals surface area contributed by atoms with Gasteiger partial charge in [0.15, 0.2) is 11.6 Å². The first-order chi connectivity index (χ1) is 9.66. The van der Waals surface area contributed by atoms with E-state index in [1.54, 1.807) is 12.1 Å². The second-order valence-electron chi connectivity index (χ2n) is 3.98. The molecule has 0 unspecified atom stereocenters. The predicted molar refractivity (Wildman–Crippen MR) is 71.3 cm³/mol. The van der Waals surface area contributed by atoms with Crippen molar-refractivity contribution in [3.63, 3.8) is 0 Å². The first-order valence-electron chi connectivity index (χ1n) is 6.01. The number of hydrogen-bond donors (Lipinski definition) is 2. The van der Waals surface area contributed by atoms with Gasteiger partial charge in [0.25, 0.3) is 5.91 Å². The number of aromatic nitrogens is 1. The van der Waals surface area contributed by atoms with E-state index in [1.807, 2.05) is 0 Å². The number of para-hydroxylation sites is 1. The fourth-order valence-corrected chi connectivity index (χ4v) is 1.54. The van der Waals surface area contributed by atoms with Crippen molar-refractivity contribution in [3.8, 4) is 5.75 Å². The number of ether oxygens (including phenoxy) is 1. The van der Waals surface area contributed by atoms with Crippen molar-refractivity contribution >= 4 is 5.91 Å². The normalized spacial score (nSPS) is 10.1. The minimum atomic E-state index is -0.445. The predicted octanol–water partition coefficient (Wildman–Crippen LogP) is 1.32. The molecule has 2 rings (SSSR count). The van der Waals surface area contributed by atoms with Gasteiger partial charge in [-0.1, -0.05) is 12.1 Å². The number of halogens is 1. The fraction of sp³-hybridized carbons (Fsp3) is 0.143. The Kier molecular flexibility index (Phi) is 4.49. The zero-order valence-corrected chi connectivity index (χ0v) is 10.6. The van der Waals surface area contributed by atoms with E-state index in [0.717, 1.165) is 0 Å². The summed E-state index contributed by atoms with van der Waals surface area (Å²) < 4.78 is 18.4. The minimum Gasteiger partial charge on any atom is -0.489 e. The molecule has 0 fully saturated rings. The number of rotatable bonds is 5. The highest BCUT2D eigenvalue weighted by molar-refractivity contribution is 5.93. The molecule has 0 aliphatic heterocycles. The zero-order chi connectivity index (χ0) is 14.4. The molecule has 2 N–H and O–H groups in total. The molecule has 0 radical (unpaired) electrons. The number of aromatic amines is 1. The summed E-state index contributed by atoms with van der Waals surface area (Å²) >= 11 is 0. The second kappa shape index (κ2) is 6.51. The Morgan fingerprint density at radius 3 is 2.75 bits per heavy atom. The molecule has 0 aliphatic carbocycles. The van der Waals surface area contributed by atoms with Crippen molar-refractivity contribution < 1.29 is 13.9 Å². The Morgan fingerprint density at radius 2 is 2.05 bits per heavy atom. The van der Waals surface area contributed by atoms with Crippen LogP contribution in [0.5, 0.6) is 5.75 Å². The molecule has 0 aliphatic rings. The number of hydrogen-bond acceptors (Lipinski definition) is 3. The van der Waals surface area contributed by atoms with Crippen LogP contribution >= 0.6 is 0 Å². The highest BCUT2D eigenvalue weighted by atomic mass is 19.1. The van der Waals surface area contributed by atoms with Crippen LogP contribution in [0.25, 0.3) is 0 Å². The first kappa shape index (κ1) is 13.8. The summed E-state index contributed by atoms with van der Waals surface area (Å²) in [6.45, 7) is 0.377. The zero-order valence-electron chi connectivity index (χ0n) is 10.6. The molecule has 0 spiro atoms. The van der Waals surface area contributed by atoms with Crippen LogP contribution in [0.15, 0.2) is 47.4 Å². The van der Waals surface area contributed by atoms with Crippen LogP contribution in [-0.2, 0) is 0 Å². The van der Waals surface area contributed by atoms with E-state index in [1.165, 1.54) is 30.5 Å². The van der Waals surface area contributed by atoms with Crippen LogP contribution in [0.1, 0.15) is 10.4 Å². The van der Waals surface area contributed by atoms with Gasteiger partial charge in [0, 0.05) is 12.3 Å². The van der Waals surface area contributed by atoms with Crippen molar-refractivity contribution in [2.75, 3.05) is 13.2 Å². The van der Waals surface area contributed by atoms with Crippen LogP contribution in [0.2, 0.25) is 0 Å². The minimum absolute atomic E-state index is 0.144. The Labute approximate surface area is 114 Å². The van der Waals surface area contributed by atoms with E-state index < -0.39 is 5.82 Å². The van der Waals surface area contributed by atoms with Crippen LogP contribution < -0.4 is 15.6 Å². The van der Waals surface area contributed by atoms with Crippen molar-refractivity contribution in [2.45, 2.75) is 0 Å². The molecule has 5 nitrogen and oxygen atoms in total. The quantitative estimate of drug-likeness (QED) is 0.809. The highest BCUT2D eigenvalue weighted by Crippen LogP contribution is 2.14. The lowest BCUT2D eigenvalue weighted by molar-refractivity contribution is 0.0946. The largest absolute Gasteiger partial charge is 0.489 e. The topological polar surface area (TPSA) is 71.2 Å². The van der Waals surface area contributed by atoms with E-state index in [0.29, 0.717) is 5.56 Å². The molecule has 2 aromatic rings. The molecule has 0 saturated carbocycles. The van der Waals surface area contributed by atoms with Crippen molar-refractivity contribution in [1.29, 1.82) is 0 Å². The molecule has 0 bridgehead atoms. The maximum absolute atomic E-state index is 13.2. The van der Waals surface area contributed by atoms with E-state index >= 15 is 0 Å². The molecule has 1 aromatic carbocycles. The number of carbonyl (C=O) groups excluding carboxylic acids is 1. The van der Waals surface area contributed by atoms with Gasteiger partial charge in [0.2, 0.25) is 5.56 Å². The summed E-state index contributed by atoms with van der Waals surface area (Å²) in [5.74, 6) is -0.636. The number of amides is 1. The van der Waals surface area contributed by atoms with Crippen LogP contribution in [0.3, 0.4) is 0 Å². The summed E-state index contributed by atoms with van der Waals surface area (Å²) in [6, 6.07) is 8.74. The Hall–Kier alpha value is -2.63. The third kappa shape index (κ3) is 3.68. The summed E-state index contributed by atoms with van der Waals surface area (Å²) in [6.07, 6.45) is 1.33. The molecule has 104 valence electrons. The lowest BCUT2D eigenvalue weighted by Gasteiger charge is -2.08. The lowest BCUT2D eigenvalue weighted by Crippen LogP contribution is -2.28. The number of nitrogens with one attached hydrogen (secondary N) is 2. The van der Waals surface area contributed by atoms with Gasteiger partial charge in [-0.15, -0.1) is 0 Å². The summed E-state index contributed by atoms with van der Waals surface area (Å²) in [4.78, 5) is 24.9. The van der Waals surface area contributed by atoms with E-state index in [4.69, 9.17) is 4.74 Å². The molecule has 1 heterocycles. The first-order valence-corrected chi connectivity index (χ1v) is 6.01. The van der Waals surface area contributed by atoms with Gasteiger partial charge in [-0.3, -0.25) is 9.59 Å². The Morgan fingerprint density at radius 1 is 1.25 bits per heavy atom. The van der Waals surface area contributed by atoms with Gasteiger partial charge in [-0.25, -0.2) is 4.39 Å². The third-order valence-electron chi connectivity index (χ3n) is 2.53. The average Bonchev–Trinajstić information content (AvgIpc) is 2.46. The summed E-state index contributed by atoms with van der Waals surface area (Å²) in [5, 5.41) is 2.60. The number of pyridine rings is 1. The second-order valence-corrected chi connectivity index (χ2v) is 3.98. The summed E-state index contributed by atoms with van der Waals surface area (Å²) in [5.41, 5.74) is 0.0694. The van der Waals surface area contributed by atoms with Gasteiger partial charge < -0.3 is 15.0 Å². The van der Waals surface area contributed by atoms with Gasteiger partial charge in [-0.2, -0.15) is 0 Å². The van der Waals surface area contributed by atoms with Crippen LogP contribution in [0.4, 0.5) is 4.39 Å². The van der Waals surface area contributed by atoms with Gasteiger partial charge >= 0.3 is 0 Å². The molecule has 20 heavy (non-hydrogen) atoms. The maximum atomic E-state index is 13.2. The lowest BCUT2D eigenvalue weighted by atomic mass is 10.3. The van der Waals surface area contributed by atoms with Crippen LogP contribution in [0, 0.1) is 5.82 Å². The number of benzene rings is 1. The molecule has 1 aromatic heterocycles. The fourth-order valence-electron chi connectivity index (χ4n) is 1.54. The van der Waals surface area contributed by atoms with Crippen molar-refractivity contribution in [2.24, 2.45) is 0 Å². The average molecular weight is 276 g/mol. The van der Waals surface area contributed by atoms with E-state index in [9.17, 15) is 14.0 Å². The number of H-pyrrole nitrogens is 1. The molecule has 1 amide bonds. The van der Waals surface area contributed by atoms with Gasteiger partial charge in [-0.05, 0) is 18.2 Å². The third-order valence-corrected chi connectivity index (χ3v) is 2.53. The van der Waals surface area contributed by atoms with E-state index in [2.05, 4.69) is 10.3 Å². The molecule has 0 saturated heterocycles. The monoisotopic (exact) mass is 276 g/mol. The molecular weight excluding hydrogens is 263 g/mol. The smallest absolute Gasteiger partial charge is 0.252 e. The standard InChI is InChI=1S/C14H13FN2O3/c15-11-3-1-2-4-12(11)20-8-7-16-14(19)10-5-6-13(18)17-9-10/h1-6,9H,7-8H2,(H,16,19)(H,17,18). The van der Waals surface area contributed by atoms with Crippen molar-refractivity contribution in [1.82, 2.24) is 10.3 Å². The SMILES string of the molecule is O=C(NCCOc1ccccc1F)c1ccc(=O)[nH]c1. The van der Waals surface area contributed by atoms with Crippen molar-refractivity contribution in [3.05, 3.63) is 64.3 Å². The van der Waals surface area contributed by atoms with E-state index in [-0.39, 0.29) is 30.4 Å². The highest BCUT2D eigenvalue weighted by Gasteiger charge is 2.05. The maximum Gasteiger partial charge on any atom is 0.252 e. The van der Waals surface area contributed by atoms with Gasteiger partial charge in [0.1, 0.15) is 6.61 Å². The molecule has 6 heteroatoms. The number of carbonyl (C=O) groups is 1. The Balaban J connectivity index is 1.79. The van der Waals surface area contributed by atoms with Gasteiger partial charge in [0.05, 0.1) is 12.1 Å². The molecular formula is C14H13FN2O3. The molecule has 0 atom stereocenters. The summed E-state index contributed by atoms with van der Waals surface area (Å²) in [7, 11) is 0. The Bertz CT molecular complexity index is 634.